The fraction of sp³-hybridized carbons (Fsp3) is 0.462. The van der Waals surface area contributed by atoms with E-state index < -0.39 is 0 Å². The van der Waals surface area contributed by atoms with Crippen molar-refractivity contribution in [3.05, 3.63) is 22.8 Å². The van der Waals surface area contributed by atoms with E-state index in [4.69, 9.17) is 9.47 Å². The molecule has 0 radical (unpaired) electrons. The quantitative estimate of drug-likeness (QED) is 0.809. The summed E-state index contributed by atoms with van der Waals surface area (Å²) >= 11 is 3.24. The summed E-state index contributed by atoms with van der Waals surface area (Å²) < 4.78 is 10.8. The van der Waals surface area contributed by atoms with Gasteiger partial charge in [-0.15, -0.1) is 21.5 Å². The summed E-state index contributed by atoms with van der Waals surface area (Å²) in [4.78, 5) is 5.50. The zero-order valence-corrected chi connectivity index (χ0v) is 13.0. The van der Waals surface area contributed by atoms with Crippen LogP contribution in [0.15, 0.2) is 17.2 Å². The maximum atomic E-state index is 5.39. The highest BCUT2D eigenvalue weighted by Crippen LogP contribution is 2.28. The number of nitrogens with zero attached hydrogens (tertiary/aromatic N) is 3. The Balaban J connectivity index is 1.66. The minimum Gasteiger partial charge on any atom is -0.349 e. The van der Waals surface area contributed by atoms with Crippen molar-refractivity contribution in [2.24, 2.45) is 0 Å². The molecule has 3 rings (SSSR count). The second-order valence-electron chi connectivity index (χ2n) is 4.39. The van der Waals surface area contributed by atoms with E-state index in [2.05, 4.69) is 15.2 Å². The molecular weight excluding hydrogens is 294 g/mol. The Morgan fingerprint density at radius 1 is 1.25 bits per heavy atom. The normalized spacial score (nSPS) is 15.9. The van der Waals surface area contributed by atoms with Crippen molar-refractivity contribution < 1.29 is 9.47 Å². The third-order valence-corrected chi connectivity index (χ3v) is 4.88. The van der Waals surface area contributed by atoms with Gasteiger partial charge in [-0.05, 0) is 26.0 Å². The van der Waals surface area contributed by atoms with Gasteiger partial charge in [0, 0.05) is 0 Å². The molecule has 0 saturated carbocycles. The van der Waals surface area contributed by atoms with E-state index in [9.17, 15) is 0 Å². The van der Waals surface area contributed by atoms with Gasteiger partial charge in [-0.2, -0.15) is 0 Å². The molecule has 3 heterocycles. The topological polar surface area (TPSA) is 57.1 Å². The Kier molecular flexibility index (Phi) is 4.30. The molecule has 106 valence electrons. The highest BCUT2D eigenvalue weighted by atomic mass is 32.2. The lowest BCUT2D eigenvalue weighted by Crippen LogP contribution is -2.10. The van der Waals surface area contributed by atoms with Crippen LogP contribution < -0.4 is 0 Å². The molecule has 2 aromatic rings. The van der Waals surface area contributed by atoms with Gasteiger partial charge >= 0.3 is 0 Å². The Morgan fingerprint density at radius 3 is 2.65 bits per heavy atom. The van der Waals surface area contributed by atoms with Crippen LogP contribution in [0.5, 0.6) is 0 Å². The van der Waals surface area contributed by atoms with E-state index in [0.29, 0.717) is 13.2 Å². The molecule has 5 nitrogen and oxygen atoms in total. The van der Waals surface area contributed by atoms with Crippen molar-refractivity contribution in [3.8, 4) is 10.6 Å². The number of rotatable bonds is 4. The number of thioether (sulfide) groups is 1. The lowest BCUT2D eigenvalue weighted by molar-refractivity contribution is -0.0214. The number of ether oxygens (including phenoxy) is 2. The fourth-order valence-corrected chi connectivity index (χ4v) is 3.59. The predicted molar refractivity (Wildman–Crippen MR) is 79.0 cm³/mol. The minimum atomic E-state index is -0.118. The number of hydrogen-bond acceptors (Lipinski definition) is 7. The van der Waals surface area contributed by atoms with Gasteiger partial charge in [0.15, 0.2) is 6.29 Å². The Bertz CT molecular complexity index is 580. The molecule has 1 aliphatic heterocycles. The molecule has 1 fully saturated rings. The standard InChI is InChI=1S/C13H15N3O2S2/c1-8-13(20-9(2)14-8)10-3-4-11(16-15-10)19-7-12-17-5-6-18-12/h3-4,12H,5-7H2,1-2H3. The zero-order valence-electron chi connectivity index (χ0n) is 11.3. The van der Waals surface area contributed by atoms with E-state index in [-0.39, 0.29) is 6.29 Å². The molecule has 2 aromatic heterocycles. The lowest BCUT2D eigenvalue weighted by atomic mass is 10.3. The third-order valence-electron chi connectivity index (χ3n) is 2.83. The van der Waals surface area contributed by atoms with Crippen molar-refractivity contribution in [3.63, 3.8) is 0 Å². The first-order valence-corrected chi connectivity index (χ1v) is 8.17. The summed E-state index contributed by atoms with van der Waals surface area (Å²) in [5.74, 6) is 0.743. The van der Waals surface area contributed by atoms with E-state index in [1.54, 1.807) is 23.1 Å². The van der Waals surface area contributed by atoms with Crippen LogP contribution in [0, 0.1) is 13.8 Å². The lowest BCUT2D eigenvalue weighted by Gasteiger charge is -2.07. The van der Waals surface area contributed by atoms with Gasteiger partial charge in [0.1, 0.15) is 10.7 Å². The zero-order chi connectivity index (χ0) is 13.9. The van der Waals surface area contributed by atoms with Gasteiger partial charge < -0.3 is 9.47 Å². The maximum absolute atomic E-state index is 5.39. The molecule has 0 bridgehead atoms. The SMILES string of the molecule is Cc1nc(C)c(-c2ccc(SCC3OCCO3)nn2)s1. The maximum Gasteiger partial charge on any atom is 0.167 e. The molecule has 0 spiro atoms. The Morgan fingerprint density at radius 2 is 2.05 bits per heavy atom. The highest BCUT2D eigenvalue weighted by Gasteiger charge is 2.16. The second kappa shape index (κ2) is 6.17. The van der Waals surface area contributed by atoms with Crippen LogP contribution in [0.4, 0.5) is 0 Å². The molecule has 0 aliphatic carbocycles. The number of aromatic nitrogens is 3. The largest absolute Gasteiger partial charge is 0.349 e. The molecule has 0 aromatic carbocycles. The molecule has 7 heteroatoms. The van der Waals surface area contributed by atoms with Gasteiger partial charge in [-0.1, -0.05) is 11.8 Å². The Labute approximate surface area is 125 Å². The second-order valence-corrected chi connectivity index (χ2v) is 6.63. The Hall–Kier alpha value is -1.02. The van der Waals surface area contributed by atoms with E-state index in [1.165, 1.54) is 0 Å². The van der Waals surface area contributed by atoms with Crippen LogP contribution in [0.1, 0.15) is 10.7 Å². The molecular formula is C13H15N3O2S2. The third kappa shape index (κ3) is 3.17. The van der Waals surface area contributed by atoms with Crippen LogP contribution in [0.3, 0.4) is 0 Å². The van der Waals surface area contributed by atoms with Crippen molar-refractivity contribution >= 4 is 23.1 Å². The van der Waals surface area contributed by atoms with Crippen molar-refractivity contribution in [1.82, 2.24) is 15.2 Å². The van der Waals surface area contributed by atoms with Gasteiger partial charge in [0.25, 0.3) is 0 Å². The van der Waals surface area contributed by atoms with Crippen LogP contribution >= 0.6 is 23.1 Å². The summed E-state index contributed by atoms with van der Waals surface area (Å²) in [5.41, 5.74) is 1.89. The first kappa shape index (κ1) is 13.9. The smallest absolute Gasteiger partial charge is 0.167 e. The van der Waals surface area contributed by atoms with Gasteiger partial charge in [0.05, 0.1) is 34.5 Å². The molecule has 1 aliphatic rings. The molecule has 0 unspecified atom stereocenters. The minimum absolute atomic E-state index is 0.118. The van der Waals surface area contributed by atoms with Crippen LogP contribution in [0.2, 0.25) is 0 Å². The summed E-state index contributed by atoms with van der Waals surface area (Å²) in [7, 11) is 0. The number of thiazole rings is 1. The van der Waals surface area contributed by atoms with Gasteiger partial charge in [-0.25, -0.2) is 4.98 Å². The van der Waals surface area contributed by atoms with E-state index >= 15 is 0 Å². The number of aryl methyl sites for hydroxylation is 2. The summed E-state index contributed by atoms with van der Waals surface area (Å²) in [6.07, 6.45) is -0.118. The van der Waals surface area contributed by atoms with Crippen molar-refractivity contribution in [2.45, 2.75) is 25.2 Å². The average Bonchev–Trinajstić information content (AvgIpc) is 3.07. The molecule has 0 atom stereocenters. The van der Waals surface area contributed by atoms with Crippen molar-refractivity contribution in [1.29, 1.82) is 0 Å². The summed E-state index contributed by atoms with van der Waals surface area (Å²) in [6, 6.07) is 3.97. The predicted octanol–water partition coefficient (Wildman–Crippen LogP) is 2.68. The molecule has 0 N–H and O–H groups in total. The highest BCUT2D eigenvalue weighted by molar-refractivity contribution is 7.99. The molecule has 0 amide bonds. The van der Waals surface area contributed by atoms with Crippen LogP contribution in [-0.4, -0.2) is 40.4 Å². The first-order valence-electron chi connectivity index (χ1n) is 6.36. The van der Waals surface area contributed by atoms with E-state index in [0.717, 1.165) is 32.1 Å². The number of hydrogen-bond donors (Lipinski definition) is 0. The van der Waals surface area contributed by atoms with Crippen LogP contribution in [-0.2, 0) is 9.47 Å². The monoisotopic (exact) mass is 309 g/mol. The average molecular weight is 309 g/mol. The molecule has 1 saturated heterocycles. The van der Waals surface area contributed by atoms with E-state index in [1.807, 2.05) is 26.0 Å². The summed E-state index contributed by atoms with van der Waals surface area (Å²) in [5, 5.41) is 10.5. The van der Waals surface area contributed by atoms with Crippen LogP contribution in [0.25, 0.3) is 10.6 Å². The van der Waals surface area contributed by atoms with Gasteiger partial charge in [-0.3, -0.25) is 0 Å². The van der Waals surface area contributed by atoms with Gasteiger partial charge in [0.2, 0.25) is 0 Å². The molecule has 20 heavy (non-hydrogen) atoms. The first-order chi connectivity index (χ1) is 9.72. The fourth-order valence-electron chi connectivity index (χ4n) is 1.94. The van der Waals surface area contributed by atoms with Crippen molar-refractivity contribution in [2.75, 3.05) is 19.0 Å². The summed E-state index contributed by atoms with van der Waals surface area (Å²) in [6.45, 7) is 5.36.